The topological polar surface area (TPSA) is 91.7 Å². The zero-order valence-electron chi connectivity index (χ0n) is 20.5. The highest BCUT2D eigenvalue weighted by Crippen LogP contribution is 2.36. The summed E-state index contributed by atoms with van der Waals surface area (Å²) < 4.78 is 19.5. The first-order valence-electron chi connectivity index (χ1n) is 12.1. The van der Waals surface area contributed by atoms with Gasteiger partial charge in [0.1, 0.15) is 17.2 Å². The number of likely N-dealkylation sites (tertiary alicyclic amines) is 1. The van der Waals surface area contributed by atoms with Gasteiger partial charge in [-0.25, -0.2) is 4.39 Å². The number of rotatable bonds is 5. The maximum absolute atomic E-state index is 13.5. The Bertz CT molecular complexity index is 1490. The summed E-state index contributed by atoms with van der Waals surface area (Å²) in [6.07, 6.45) is 0.738. The lowest BCUT2D eigenvalue weighted by Gasteiger charge is -2.17. The largest absolute Gasteiger partial charge is 0.455 e. The lowest BCUT2D eigenvalue weighted by atomic mass is 9.99. The molecular formula is C29H26FN3O4. The second kappa shape index (κ2) is 9.89. The van der Waals surface area contributed by atoms with Crippen LogP contribution >= 0.6 is 0 Å². The van der Waals surface area contributed by atoms with Gasteiger partial charge < -0.3 is 20.0 Å². The number of benzene rings is 3. The molecule has 1 aromatic heterocycles. The number of furan rings is 1. The van der Waals surface area contributed by atoms with Gasteiger partial charge in [-0.15, -0.1) is 0 Å². The van der Waals surface area contributed by atoms with Crippen LogP contribution < -0.4 is 10.6 Å². The third-order valence-electron chi connectivity index (χ3n) is 6.60. The van der Waals surface area contributed by atoms with Crippen molar-refractivity contribution >= 4 is 28.7 Å². The molecule has 1 unspecified atom stereocenters. The molecule has 5 rings (SSSR count). The van der Waals surface area contributed by atoms with E-state index in [4.69, 9.17) is 4.42 Å². The number of fused-ring (bicyclic) bond motifs is 1. The second-order valence-electron chi connectivity index (χ2n) is 9.12. The molecule has 3 amide bonds. The highest BCUT2D eigenvalue weighted by molar-refractivity contribution is 6.11. The second-order valence-corrected chi connectivity index (χ2v) is 9.12. The Morgan fingerprint density at radius 1 is 0.946 bits per heavy atom. The molecule has 1 aliphatic heterocycles. The van der Waals surface area contributed by atoms with Crippen molar-refractivity contribution in [1.29, 1.82) is 0 Å². The van der Waals surface area contributed by atoms with Crippen molar-refractivity contribution in [3.63, 3.8) is 0 Å². The van der Waals surface area contributed by atoms with E-state index in [0.717, 1.165) is 17.5 Å². The van der Waals surface area contributed by atoms with Gasteiger partial charge in [-0.3, -0.25) is 14.4 Å². The fourth-order valence-corrected chi connectivity index (χ4v) is 4.77. The predicted octanol–water partition coefficient (Wildman–Crippen LogP) is 4.62. The number of nitrogens with one attached hydrogen (secondary N) is 2. The molecule has 2 heterocycles. The van der Waals surface area contributed by atoms with E-state index in [-0.39, 0.29) is 29.6 Å². The standard InChI is InChI=1S/C29H26FN3O4/c1-17(34)32-23-13-14-33(16-23)29(36)20-5-3-18(4-6-20)21-9-12-25-24(15-21)26(28(35)31-2)27(37-25)19-7-10-22(30)11-8-19/h3-12,15,23H,13-14,16H2,1-2H3,(H,31,35)(H,32,34). The van der Waals surface area contributed by atoms with Crippen LogP contribution in [0.4, 0.5) is 4.39 Å². The molecule has 1 aliphatic rings. The highest BCUT2D eigenvalue weighted by Gasteiger charge is 2.27. The van der Waals surface area contributed by atoms with Crippen LogP contribution in [0.15, 0.2) is 71.1 Å². The summed E-state index contributed by atoms with van der Waals surface area (Å²) in [4.78, 5) is 38.8. The van der Waals surface area contributed by atoms with Gasteiger partial charge in [-0.2, -0.15) is 0 Å². The fourth-order valence-electron chi connectivity index (χ4n) is 4.77. The summed E-state index contributed by atoms with van der Waals surface area (Å²) in [5, 5.41) is 6.17. The fraction of sp³-hybridized carbons (Fsp3) is 0.207. The van der Waals surface area contributed by atoms with Gasteiger partial charge in [-0.05, 0) is 66.1 Å². The van der Waals surface area contributed by atoms with E-state index in [2.05, 4.69) is 10.6 Å². The van der Waals surface area contributed by atoms with Crippen LogP contribution in [0.25, 0.3) is 33.4 Å². The van der Waals surface area contributed by atoms with Crippen molar-refractivity contribution in [2.24, 2.45) is 0 Å². The van der Waals surface area contributed by atoms with Gasteiger partial charge in [0.25, 0.3) is 11.8 Å². The lowest BCUT2D eigenvalue weighted by molar-refractivity contribution is -0.119. The minimum atomic E-state index is -0.372. The monoisotopic (exact) mass is 499 g/mol. The van der Waals surface area contributed by atoms with E-state index >= 15 is 0 Å². The highest BCUT2D eigenvalue weighted by atomic mass is 19.1. The molecule has 8 heteroatoms. The molecule has 1 fully saturated rings. The Hall–Kier alpha value is -4.46. The molecule has 0 spiro atoms. The molecule has 7 nitrogen and oxygen atoms in total. The summed E-state index contributed by atoms with van der Waals surface area (Å²) in [6, 6.07) is 18.7. The average Bonchev–Trinajstić information content (AvgIpc) is 3.52. The van der Waals surface area contributed by atoms with Crippen molar-refractivity contribution in [2.45, 2.75) is 19.4 Å². The number of amides is 3. The van der Waals surface area contributed by atoms with E-state index < -0.39 is 0 Å². The molecule has 0 saturated carbocycles. The number of hydrogen-bond acceptors (Lipinski definition) is 4. The van der Waals surface area contributed by atoms with Crippen LogP contribution in [0.5, 0.6) is 0 Å². The SMILES string of the molecule is CNC(=O)c1c(-c2ccc(F)cc2)oc2ccc(-c3ccc(C(=O)N4CCC(NC(C)=O)C4)cc3)cc12. The Morgan fingerprint density at radius 2 is 1.62 bits per heavy atom. The van der Waals surface area contributed by atoms with Crippen molar-refractivity contribution in [3.8, 4) is 22.5 Å². The summed E-state index contributed by atoms with van der Waals surface area (Å²) in [5.74, 6) is -0.476. The Balaban J connectivity index is 1.44. The number of carbonyl (C=O) groups is 3. The molecule has 0 bridgehead atoms. The first-order chi connectivity index (χ1) is 17.8. The Morgan fingerprint density at radius 3 is 2.30 bits per heavy atom. The molecule has 1 saturated heterocycles. The molecule has 4 aromatic rings. The number of hydrogen-bond donors (Lipinski definition) is 2. The maximum atomic E-state index is 13.5. The first-order valence-corrected chi connectivity index (χ1v) is 12.1. The molecule has 188 valence electrons. The number of carbonyl (C=O) groups excluding carboxylic acids is 3. The maximum Gasteiger partial charge on any atom is 0.255 e. The van der Waals surface area contributed by atoms with Crippen LogP contribution in [-0.2, 0) is 4.79 Å². The Labute approximate surface area is 213 Å². The van der Waals surface area contributed by atoms with Crippen LogP contribution in [0, 0.1) is 5.82 Å². The Kier molecular flexibility index (Phi) is 6.48. The van der Waals surface area contributed by atoms with Gasteiger partial charge in [0, 0.05) is 49.6 Å². The molecule has 3 aromatic carbocycles. The van der Waals surface area contributed by atoms with Crippen molar-refractivity contribution < 1.29 is 23.2 Å². The third-order valence-corrected chi connectivity index (χ3v) is 6.60. The summed E-state index contributed by atoms with van der Waals surface area (Å²) in [6.45, 7) is 2.57. The zero-order chi connectivity index (χ0) is 26.1. The van der Waals surface area contributed by atoms with E-state index in [1.54, 1.807) is 42.3 Å². The summed E-state index contributed by atoms with van der Waals surface area (Å²) >= 11 is 0. The molecule has 2 N–H and O–H groups in total. The minimum absolute atomic E-state index is 0.0169. The number of halogens is 1. The normalized spacial score (nSPS) is 15.1. The predicted molar refractivity (Wildman–Crippen MR) is 139 cm³/mol. The van der Waals surface area contributed by atoms with E-state index in [1.165, 1.54) is 19.1 Å². The van der Waals surface area contributed by atoms with Crippen LogP contribution in [0.2, 0.25) is 0 Å². The first kappa shape index (κ1) is 24.2. The number of nitrogens with zero attached hydrogens (tertiary/aromatic N) is 1. The van der Waals surface area contributed by atoms with Crippen LogP contribution in [-0.4, -0.2) is 48.8 Å². The van der Waals surface area contributed by atoms with E-state index in [0.29, 0.717) is 46.5 Å². The van der Waals surface area contributed by atoms with Gasteiger partial charge in [-0.1, -0.05) is 18.2 Å². The quantitative estimate of drug-likeness (QED) is 0.419. The summed E-state index contributed by atoms with van der Waals surface area (Å²) in [7, 11) is 1.55. The van der Waals surface area contributed by atoms with Gasteiger partial charge in [0.05, 0.1) is 5.56 Å². The molecule has 1 atom stereocenters. The van der Waals surface area contributed by atoms with E-state index in [9.17, 15) is 18.8 Å². The molecule has 37 heavy (non-hydrogen) atoms. The molecule has 0 radical (unpaired) electrons. The van der Waals surface area contributed by atoms with Gasteiger partial charge in [0.2, 0.25) is 5.91 Å². The average molecular weight is 500 g/mol. The van der Waals surface area contributed by atoms with Crippen molar-refractivity contribution in [3.05, 3.63) is 83.7 Å². The molecule has 0 aliphatic carbocycles. The van der Waals surface area contributed by atoms with Crippen molar-refractivity contribution in [1.82, 2.24) is 15.5 Å². The van der Waals surface area contributed by atoms with Crippen LogP contribution in [0.1, 0.15) is 34.1 Å². The van der Waals surface area contributed by atoms with Crippen molar-refractivity contribution in [2.75, 3.05) is 20.1 Å². The van der Waals surface area contributed by atoms with E-state index in [1.807, 2.05) is 24.3 Å². The minimum Gasteiger partial charge on any atom is -0.455 e. The lowest BCUT2D eigenvalue weighted by Crippen LogP contribution is -2.37. The van der Waals surface area contributed by atoms with Gasteiger partial charge >= 0.3 is 0 Å². The third kappa shape index (κ3) is 4.82. The van der Waals surface area contributed by atoms with Crippen LogP contribution in [0.3, 0.4) is 0 Å². The summed E-state index contributed by atoms with van der Waals surface area (Å²) in [5.41, 5.74) is 3.82. The molecular weight excluding hydrogens is 473 g/mol. The zero-order valence-corrected chi connectivity index (χ0v) is 20.5. The van der Waals surface area contributed by atoms with Gasteiger partial charge in [0.15, 0.2) is 0 Å². The smallest absolute Gasteiger partial charge is 0.255 e.